The predicted molar refractivity (Wildman–Crippen MR) is 74.7 cm³/mol. The highest BCUT2D eigenvalue weighted by Gasteiger charge is 2.03. The molecule has 0 heterocycles. The monoisotopic (exact) mass is 235 g/mol. The molecule has 0 aliphatic carbocycles. The van der Waals surface area contributed by atoms with E-state index >= 15 is 0 Å². The van der Waals surface area contributed by atoms with Gasteiger partial charge in [-0.25, -0.2) is 0 Å². The largest absolute Gasteiger partial charge is 0.393 e. The number of aliphatic hydroxyl groups is 1. The highest BCUT2D eigenvalue weighted by Crippen LogP contribution is 2.18. The van der Waals surface area contributed by atoms with E-state index in [0.717, 1.165) is 25.8 Å². The smallest absolute Gasteiger partial charge is 0.0512 e. The fraction of sp³-hybridized carbons (Fsp3) is 0.600. The summed E-state index contributed by atoms with van der Waals surface area (Å²) >= 11 is 0. The molecule has 0 bridgehead atoms. The summed E-state index contributed by atoms with van der Waals surface area (Å²) in [5.41, 5.74) is 3.92. The van der Waals surface area contributed by atoms with E-state index in [1.165, 1.54) is 16.8 Å². The number of rotatable bonds is 6. The van der Waals surface area contributed by atoms with E-state index in [1.54, 1.807) is 0 Å². The molecule has 2 heteroatoms. The molecule has 1 N–H and O–H groups in total. The molecule has 2 nitrogen and oxygen atoms in total. The van der Waals surface area contributed by atoms with Gasteiger partial charge in [0.1, 0.15) is 0 Å². The topological polar surface area (TPSA) is 23.5 Å². The van der Waals surface area contributed by atoms with Gasteiger partial charge in [0.05, 0.1) is 6.10 Å². The number of hydrogen-bond donors (Lipinski definition) is 1. The molecule has 1 aromatic carbocycles. The minimum Gasteiger partial charge on any atom is -0.393 e. The Bertz CT molecular complexity index is 327. The molecule has 1 rings (SSSR count). The highest BCUT2D eigenvalue weighted by atomic mass is 16.3. The lowest BCUT2D eigenvalue weighted by Crippen LogP contribution is -2.19. The molecule has 0 spiro atoms. The zero-order valence-corrected chi connectivity index (χ0v) is 11.5. The van der Waals surface area contributed by atoms with Crippen LogP contribution in [0.3, 0.4) is 0 Å². The van der Waals surface area contributed by atoms with Crippen molar-refractivity contribution in [2.45, 2.75) is 46.1 Å². The molecule has 0 aromatic heterocycles. The maximum Gasteiger partial charge on any atom is 0.0512 e. The van der Waals surface area contributed by atoms with Crippen molar-refractivity contribution < 1.29 is 5.11 Å². The molecule has 17 heavy (non-hydrogen) atoms. The molecule has 96 valence electrons. The zero-order chi connectivity index (χ0) is 12.8. The summed E-state index contributed by atoms with van der Waals surface area (Å²) < 4.78 is 0. The van der Waals surface area contributed by atoms with Gasteiger partial charge in [-0.05, 0) is 63.3 Å². The summed E-state index contributed by atoms with van der Waals surface area (Å²) in [6, 6.07) is 6.65. The van der Waals surface area contributed by atoms with Crippen LogP contribution in [0.1, 0.15) is 37.3 Å². The average molecular weight is 235 g/mol. The van der Waals surface area contributed by atoms with Gasteiger partial charge in [0.2, 0.25) is 0 Å². The molecular formula is C15H25NO. The lowest BCUT2D eigenvalue weighted by Gasteiger charge is -2.20. The van der Waals surface area contributed by atoms with Crippen LogP contribution in [0.5, 0.6) is 0 Å². The molecule has 0 aliphatic heterocycles. The van der Waals surface area contributed by atoms with Crippen LogP contribution in [0.15, 0.2) is 18.2 Å². The number of aryl methyl sites for hydroxylation is 2. The molecule has 0 saturated carbocycles. The van der Waals surface area contributed by atoms with Crippen LogP contribution in [0.25, 0.3) is 0 Å². The summed E-state index contributed by atoms with van der Waals surface area (Å²) in [4.78, 5) is 2.29. The van der Waals surface area contributed by atoms with Gasteiger partial charge in [-0.3, -0.25) is 0 Å². The van der Waals surface area contributed by atoms with Gasteiger partial charge in [-0.2, -0.15) is 0 Å². The van der Waals surface area contributed by atoms with Gasteiger partial charge < -0.3 is 10.0 Å². The quantitative estimate of drug-likeness (QED) is 0.765. The first-order valence-corrected chi connectivity index (χ1v) is 6.46. The normalized spacial score (nSPS) is 12.5. The van der Waals surface area contributed by atoms with E-state index in [4.69, 9.17) is 0 Å². The van der Waals surface area contributed by atoms with E-state index in [0.29, 0.717) is 0 Å². The molecule has 0 amide bonds. The van der Waals surface area contributed by atoms with E-state index in [-0.39, 0.29) is 6.10 Å². The molecular weight excluding hydrogens is 210 g/mol. The Labute approximate surface area is 105 Å². The molecule has 1 atom stereocenters. The van der Waals surface area contributed by atoms with Gasteiger partial charge in [0.25, 0.3) is 0 Å². The van der Waals surface area contributed by atoms with Crippen molar-refractivity contribution in [3.63, 3.8) is 0 Å². The van der Waals surface area contributed by atoms with Crippen LogP contribution in [-0.2, 0) is 0 Å². The van der Waals surface area contributed by atoms with Crippen LogP contribution in [-0.4, -0.2) is 24.8 Å². The van der Waals surface area contributed by atoms with Gasteiger partial charge in [0, 0.05) is 19.3 Å². The molecule has 0 aliphatic rings. The number of unbranched alkanes of at least 4 members (excludes halogenated alkanes) is 1. The van der Waals surface area contributed by atoms with E-state index in [9.17, 15) is 5.11 Å². The maximum atomic E-state index is 9.19. The van der Waals surface area contributed by atoms with Crippen LogP contribution >= 0.6 is 0 Å². The van der Waals surface area contributed by atoms with E-state index in [1.807, 2.05) is 6.92 Å². The van der Waals surface area contributed by atoms with Gasteiger partial charge >= 0.3 is 0 Å². The summed E-state index contributed by atoms with van der Waals surface area (Å²) in [7, 11) is 2.14. The second-order valence-corrected chi connectivity index (χ2v) is 5.11. The number of hydrogen-bond acceptors (Lipinski definition) is 2. The van der Waals surface area contributed by atoms with Crippen molar-refractivity contribution in [3.05, 3.63) is 29.3 Å². The molecule has 1 aromatic rings. The fourth-order valence-electron chi connectivity index (χ4n) is 2.09. The molecule has 0 fully saturated rings. The summed E-state index contributed by atoms with van der Waals surface area (Å²) in [5, 5.41) is 9.19. The van der Waals surface area contributed by atoms with Crippen LogP contribution in [0.4, 0.5) is 5.69 Å². The number of benzene rings is 1. The SMILES string of the molecule is Cc1cc(C)cc(N(C)CCCCC(C)O)c1. The zero-order valence-electron chi connectivity index (χ0n) is 11.5. The van der Waals surface area contributed by atoms with Crippen molar-refractivity contribution in [3.8, 4) is 0 Å². The Hall–Kier alpha value is -1.02. The van der Waals surface area contributed by atoms with E-state index < -0.39 is 0 Å². The van der Waals surface area contributed by atoms with Crippen molar-refractivity contribution in [1.29, 1.82) is 0 Å². The number of nitrogens with zero attached hydrogens (tertiary/aromatic N) is 1. The minimum atomic E-state index is -0.165. The number of aliphatic hydroxyl groups excluding tert-OH is 1. The Morgan fingerprint density at radius 2 is 1.71 bits per heavy atom. The van der Waals surface area contributed by atoms with Gasteiger partial charge in [-0.15, -0.1) is 0 Å². The third kappa shape index (κ3) is 5.22. The standard InChI is InChI=1S/C15H25NO/c1-12-9-13(2)11-15(10-12)16(4)8-6-5-7-14(3)17/h9-11,14,17H,5-8H2,1-4H3. The van der Waals surface area contributed by atoms with Crippen molar-refractivity contribution in [1.82, 2.24) is 0 Å². The van der Waals surface area contributed by atoms with Gasteiger partial charge in [0.15, 0.2) is 0 Å². The van der Waals surface area contributed by atoms with Crippen LogP contribution in [0.2, 0.25) is 0 Å². The fourth-order valence-corrected chi connectivity index (χ4v) is 2.09. The Balaban J connectivity index is 2.43. The summed E-state index contributed by atoms with van der Waals surface area (Å²) in [5.74, 6) is 0. The first kappa shape index (κ1) is 14.0. The summed E-state index contributed by atoms with van der Waals surface area (Å²) in [6.45, 7) is 7.18. The van der Waals surface area contributed by atoms with Crippen molar-refractivity contribution in [2.75, 3.05) is 18.5 Å². The van der Waals surface area contributed by atoms with E-state index in [2.05, 4.69) is 44.0 Å². The Kier molecular flexibility index (Phi) is 5.49. The Morgan fingerprint density at radius 3 is 2.24 bits per heavy atom. The Morgan fingerprint density at radius 1 is 1.12 bits per heavy atom. The molecule has 1 unspecified atom stereocenters. The first-order valence-electron chi connectivity index (χ1n) is 6.46. The second kappa shape index (κ2) is 6.65. The molecule has 0 saturated heterocycles. The number of anilines is 1. The predicted octanol–water partition coefficient (Wildman–Crippen LogP) is 3.29. The molecule has 0 radical (unpaired) electrons. The first-order chi connectivity index (χ1) is 7.99. The third-order valence-corrected chi connectivity index (χ3v) is 3.01. The highest BCUT2D eigenvalue weighted by molar-refractivity contribution is 5.50. The van der Waals surface area contributed by atoms with Crippen molar-refractivity contribution >= 4 is 5.69 Å². The second-order valence-electron chi connectivity index (χ2n) is 5.11. The average Bonchev–Trinajstić information content (AvgIpc) is 2.22. The van der Waals surface area contributed by atoms with Crippen LogP contribution in [0, 0.1) is 13.8 Å². The maximum absolute atomic E-state index is 9.19. The minimum absolute atomic E-state index is 0.165. The van der Waals surface area contributed by atoms with Crippen LogP contribution < -0.4 is 4.90 Å². The lowest BCUT2D eigenvalue weighted by molar-refractivity contribution is 0.181. The summed E-state index contributed by atoms with van der Waals surface area (Å²) in [6.07, 6.45) is 2.96. The van der Waals surface area contributed by atoms with Crippen molar-refractivity contribution in [2.24, 2.45) is 0 Å². The third-order valence-electron chi connectivity index (χ3n) is 3.01. The lowest BCUT2D eigenvalue weighted by atomic mass is 10.1. The van der Waals surface area contributed by atoms with Gasteiger partial charge in [-0.1, -0.05) is 6.07 Å².